The number of halogens is 2. The third-order valence-electron chi connectivity index (χ3n) is 1.90. The number of hydrogen-bond donors (Lipinski definition) is 1. The first-order chi connectivity index (χ1) is 8.19. The molecule has 2 rings (SSSR count). The Labute approximate surface area is 107 Å². The quantitative estimate of drug-likeness (QED) is 0.904. The Hall–Kier alpha value is -1.90. The summed E-state index contributed by atoms with van der Waals surface area (Å²) in [7, 11) is 0. The first-order valence-electron chi connectivity index (χ1n) is 4.52. The van der Waals surface area contributed by atoms with E-state index in [-0.39, 0.29) is 10.4 Å². The Morgan fingerprint density at radius 1 is 1.12 bits per heavy atom. The van der Waals surface area contributed by atoms with E-state index in [4.69, 9.17) is 28.5 Å². The van der Waals surface area contributed by atoms with Crippen LogP contribution in [0.3, 0.4) is 0 Å². The molecule has 84 valence electrons. The van der Waals surface area contributed by atoms with Crippen molar-refractivity contribution in [1.29, 1.82) is 5.26 Å². The molecule has 0 atom stereocenters. The zero-order valence-corrected chi connectivity index (χ0v) is 9.87. The number of nitriles is 1. The number of hydrogen-bond acceptors (Lipinski definition) is 5. The van der Waals surface area contributed by atoms with E-state index in [9.17, 15) is 0 Å². The van der Waals surface area contributed by atoms with E-state index in [0.717, 1.165) is 5.69 Å². The standard InChI is InChI=1S/C10H5Cl2N5/c11-8-9(15-10(12)17-16-8)14-7-3-1-6(5-13)2-4-7/h1-4H,(H,14,15,17). The molecule has 0 aliphatic heterocycles. The fourth-order valence-corrected chi connectivity index (χ4v) is 1.39. The molecule has 0 aliphatic rings. The molecule has 5 nitrogen and oxygen atoms in total. The summed E-state index contributed by atoms with van der Waals surface area (Å²) in [5, 5.41) is 18.8. The van der Waals surface area contributed by atoms with Crippen LogP contribution in [0.4, 0.5) is 11.5 Å². The summed E-state index contributed by atoms with van der Waals surface area (Å²) in [4.78, 5) is 3.89. The molecule has 0 bridgehead atoms. The summed E-state index contributed by atoms with van der Waals surface area (Å²) in [5.41, 5.74) is 1.29. The smallest absolute Gasteiger partial charge is 0.245 e. The average Bonchev–Trinajstić information content (AvgIpc) is 2.35. The van der Waals surface area contributed by atoms with Crippen molar-refractivity contribution >= 4 is 34.7 Å². The van der Waals surface area contributed by atoms with Gasteiger partial charge in [0.05, 0.1) is 11.6 Å². The van der Waals surface area contributed by atoms with Crippen LogP contribution in [0.1, 0.15) is 5.56 Å². The minimum absolute atomic E-state index is 0.00513. The van der Waals surface area contributed by atoms with Crippen LogP contribution in [0.15, 0.2) is 24.3 Å². The Balaban J connectivity index is 2.25. The van der Waals surface area contributed by atoms with E-state index in [1.54, 1.807) is 24.3 Å². The first kappa shape index (κ1) is 11.6. The second-order valence-corrected chi connectivity index (χ2v) is 3.73. The maximum absolute atomic E-state index is 8.66. The lowest BCUT2D eigenvalue weighted by molar-refractivity contribution is 0.975. The lowest BCUT2D eigenvalue weighted by atomic mass is 10.2. The lowest BCUT2D eigenvalue weighted by Gasteiger charge is -2.05. The molecule has 0 amide bonds. The third-order valence-corrected chi connectivity index (χ3v) is 2.31. The molecule has 1 aromatic heterocycles. The second kappa shape index (κ2) is 4.95. The van der Waals surface area contributed by atoms with Crippen LogP contribution in [0.25, 0.3) is 0 Å². The molecule has 0 unspecified atom stereocenters. The van der Waals surface area contributed by atoms with E-state index in [0.29, 0.717) is 11.4 Å². The van der Waals surface area contributed by atoms with Gasteiger partial charge in [-0.1, -0.05) is 11.6 Å². The highest BCUT2D eigenvalue weighted by Gasteiger charge is 2.06. The Morgan fingerprint density at radius 3 is 2.47 bits per heavy atom. The van der Waals surface area contributed by atoms with Crippen molar-refractivity contribution in [2.45, 2.75) is 0 Å². The third kappa shape index (κ3) is 2.81. The SMILES string of the molecule is N#Cc1ccc(Nc2nc(Cl)nnc2Cl)cc1. The number of anilines is 2. The van der Waals surface area contributed by atoms with Crippen molar-refractivity contribution in [3.63, 3.8) is 0 Å². The largest absolute Gasteiger partial charge is 0.338 e. The molecule has 0 radical (unpaired) electrons. The number of rotatable bonds is 2. The van der Waals surface area contributed by atoms with Gasteiger partial charge >= 0.3 is 0 Å². The lowest BCUT2D eigenvalue weighted by Crippen LogP contribution is -1.98. The highest BCUT2D eigenvalue weighted by Crippen LogP contribution is 2.21. The normalized spacial score (nSPS) is 9.71. The Bertz CT molecular complexity index is 576. The van der Waals surface area contributed by atoms with Gasteiger partial charge in [-0.15, -0.1) is 10.2 Å². The molecule has 0 spiro atoms. The van der Waals surface area contributed by atoms with Crippen molar-refractivity contribution in [3.05, 3.63) is 40.3 Å². The van der Waals surface area contributed by atoms with Crippen LogP contribution >= 0.6 is 23.2 Å². The van der Waals surface area contributed by atoms with Gasteiger partial charge in [-0.3, -0.25) is 0 Å². The topological polar surface area (TPSA) is 74.5 Å². The maximum atomic E-state index is 8.66. The van der Waals surface area contributed by atoms with Crippen LogP contribution in [0.5, 0.6) is 0 Å². The van der Waals surface area contributed by atoms with Gasteiger partial charge in [0, 0.05) is 5.69 Å². The predicted octanol–water partition coefficient (Wildman–Crippen LogP) is 2.79. The van der Waals surface area contributed by atoms with Crippen molar-refractivity contribution in [3.8, 4) is 6.07 Å². The first-order valence-corrected chi connectivity index (χ1v) is 5.27. The molecule has 0 aliphatic carbocycles. The number of nitrogens with zero attached hydrogens (tertiary/aromatic N) is 4. The minimum atomic E-state index is 0.00513. The summed E-state index contributed by atoms with van der Waals surface area (Å²) in [5.74, 6) is 0.316. The van der Waals surface area contributed by atoms with Crippen molar-refractivity contribution in [1.82, 2.24) is 15.2 Å². The van der Waals surface area contributed by atoms with E-state index >= 15 is 0 Å². The molecule has 17 heavy (non-hydrogen) atoms. The summed E-state index contributed by atoms with van der Waals surface area (Å²) < 4.78 is 0. The minimum Gasteiger partial charge on any atom is -0.338 e. The number of aromatic nitrogens is 3. The van der Waals surface area contributed by atoms with Gasteiger partial charge in [0.25, 0.3) is 0 Å². The molecular formula is C10H5Cl2N5. The van der Waals surface area contributed by atoms with Crippen LogP contribution in [0, 0.1) is 11.3 Å². The van der Waals surface area contributed by atoms with E-state index in [1.165, 1.54) is 0 Å². The summed E-state index contributed by atoms with van der Waals surface area (Å²) in [6.45, 7) is 0. The molecule has 0 fully saturated rings. The molecule has 0 saturated carbocycles. The number of benzene rings is 1. The van der Waals surface area contributed by atoms with Crippen LogP contribution in [-0.2, 0) is 0 Å². The molecule has 1 heterocycles. The highest BCUT2D eigenvalue weighted by molar-refractivity contribution is 6.32. The van der Waals surface area contributed by atoms with Gasteiger partial charge < -0.3 is 5.32 Å². The summed E-state index contributed by atoms with van der Waals surface area (Å²) in [6.07, 6.45) is 0. The fourth-order valence-electron chi connectivity index (χ4n) is 1.14. The van der Waals surface area contributed by atoms with Gasteiger partial charge in [-0.2, -0.15) is 10.2 Å². The van der Waals surface area contributed by atoms with E-state index in [1.807, 2.05) is 6.07 Å². The zero-order chi connectivity index (χ0) is 12.3. The zero-order valence-electron chi connectivity index (χ0n) is 8.35. The summed E-state index contributed by atoms with van der Waals surface area (Å²) >= 11 is 11.4. The second-order valence-electron chi connectivity index (χ2n) is 3.03. The van der Waals surface area contributed by atoms with Gasteiger partial charge in [0.15, 0.2) is 11.0 Å². The number of nitrogens with one attached hydrogen (secondary N) is 1. The van der Waals surface area contributed by atoms with Gasteiger partial charge in [0.1, 0.15) is 0 Å². The maximum Gasteiger partial charge on any atom is 0.245 e. The van der Waals surface area contributed by atoms with Crippen LogP contribution in [-0.4, -0.2) is 15.2 Å². The molecule has 2 aromatic rings. The van der Waals surface area contributed by atoms with E-state index < -0.39 is 0 Å². The van der Waals surface area contributed by atoms with Gasteiger partial charge in [-0.25, -0.2) is 0 Å². The molecule has 1 aromatic carbocycles. The molecular weight excluding hydrogens is 261 g/mol. The Morgan fingerprint density at radius 2 is 1.82 bits per heavy atom. The predicted molar refractivity (Wildman–Crippen MR) is 64.3 cm³/mol. The Kier molecular flexibility index (Phi) is 3.38. The van der Waals surface area contributed by atoms with Crippen molar-refractivity contribution in [2.24, 2.45) is 0 Å². The molecule has 7 heteroatoms. The summed E-state index contributed by atoms with van der Waals surface area (Å²) in [6, 6.07) is 8.83. The van der Waals surface area contributed by atoms with Gasteiger partial charge in [0.2, 0.25) is 5.28 Å². The van der Waals surface area contributed by atoms with Crippen molar-refractivity contribution in [2.75, 3.05) is 5.32 Å². The monoisotopic (exact) mass is 265 g/mol. The van der Waals surface area contributed by atoms with E-state index in [2.05, 4.69) is 20.5 Å². The molecule has 0 saturated heterocycles. The van der Waals surface area contributed by atoms with Gasteiger partial charge in [-0.05, 0) is 35.9 Å². The fraction of sp³-hybridized carbons (Fsp3) is 0. The van der Waals surface area contributed by atoms with Crippen molar-refractivity contribution < 1.29 is 0 Å². The van der Waals surface area contributed by atoms with Crippen LogP contribution in [0.2, 0.25) is 10.4 Å². The molecule has 1 N–H and O–H groups in total. The average molecular weight is 266 g/mol. The van der Waals surface area contributed by atoms with Crippen LogP contribution < -0.4 is 5.32 Å². The highest BCUT2D eigenvalue weighted by atomic mass is 35.5.